The first-order valence-electron chi connectivity index (χ1n) is 4.49. The fourth-order valence-electron chi connectivity index (χ4n) is 1.53. The molecule has 15 heavy (non-hydrogen) atoms. The number of nitrogens with one attached hydrogen (secondary N) is 1. The molecule has 0 aromatic rings. The highest BCUT2D eigenvalue weighted by atomic mass is 127. The molecule has 0 saturated carbocycles. The van der Waals surface area contributed by atoms with Crippen molar-refractivity contribution in [2.24, 2.45) is 11.7 Å². The number of amides is 3. The Morgan fingerprint density at radius 2 is 2.33 bits per heavy atom. The topological polar surface area (TPSA) is 92.5 Å². The van der Waals surface area contributed by atoms with E-state index in [2.05, 4.69) is 3.53 Å². The summed E-state index contributed by atoms with van der Waals surface area (Å²) in [6, 6.07) is -0.883. The van der Waals surface area contributed by atoms with E-state index in [1.54, 1.807) is 29.8 Å². The van der Waals surface area contributed by atoms with Crippen molar-refractivity contribution in [1.29, 1.82) is 0 Å². The molecule has 0 radical (unpaired) electrons. The molecule has 0 bridgehead atoms. The lowest BCUT2D eigenvalue weighted by molar-refractivity contribution is -0.146. The minimum atomic E-state index is -0.883. The number of carbonyl (C=O) groups is 3. The second kappa shape index (κ2) is 4.88. The van der Waals surface area contributed by atoms with Crippen LogP contribution < -0.4 is 9.26 Å². The lowest BCUT2D eigenvalue weighted by Crippen LogP contribution is -2.51. The van der Waals surface area contributed by atoms with Crippen molar-refractivity contribution in [2.75, 3.05) is 6.54 Å². The zero-order valence-electron chi connectivity index (χ0n) is 8.20. The molecule has 6 nitrogen and oxygen atoms in total. The van der Waals surface area contributed by atoms with Gasteiger partial charge in [-0.2, -0.15) is 0 Å². The third-order valence-corrected chi connectivity index (χ3v) is 2.87. The maximum atomic E-state index is 11.6. The van der Waals surface area contributed by atoms with Crippen LogP contribution in [-0.4, -0.2) is 35.2 Å². The van der Waals surface area contributed by atoms with Gasteiger partial charge in [0.05, 0.1) is 22.9 Å². The molecule has 0 spiro atoms. The van der Waals surface area contributed by atoms with Crippen molar-refractivity contribution in [1.82, 2.24) is 8.43 Å². The molecule has 1 saturated heterocycles. The molecule has 3 N–H and O–H groups in total. The van der Waals surface area contributed by atoms with Crippen LogP contribution in [0.1, 0.15) is 13.3 Å². The lowest BCUT2D eigenvalue weighted by atomic mass is 10.1. The van der Waals surface area contributed by atoms with Crippen LogP contribution in [0, 0.1) is 5.92 Å². The Hall–Kier alpha value is -0.700. The van der Waals surface area contributed by atoms with Crippen LogP contribution in [0.25, 0.3) is 0 Å². The van der Waals surface area contributed by atoms with Crippen LogP contribution >= 0.6 is 22.9 Å². The Labute approximate surface area is 101 Å². The molecule has 3 amide bonds. The van der Waals surface area contributed by atoms with Crippen molar-refractivity contribution in [2.45, 2.75) is 19.4 Å². The van der Waals surface area contributed by atoms with Gasteiger partial charge in [-0.1, -0.05) is 6.92 Å². The number of likely N-dealkylation sites (tertiary alicyclic amines) is 1. The van der Waals surface area contributed by atoms with Gasteiger partial charge < -0.3 is 5.73 Å². The van der Waals surface area contributed by atoms with Crippen molar-refractivity contribution >= 4 is 40.6 Å². The second-order valence-corrected chi connectivity index (χ2v) is 3.96. The molecule has 1 fully saturated rings. The maximum absolute atomic E-state index is 11.6. The zero-order valence-corrected chi connectivity index (χ0v) is 10.4. The van der Waals surface area contributed by atoms with Gasteiger partial charge in [-0.15, -0.1) is 0 Å². The SMILES string of the molecule is CC1CC(=O)N(C(CN)C(=O)NI)C1=O. The molecule has 0 aromatic carbocycles. The molecular formula is C8H12IN3O3. The molecule has 0 aliphatic carbocycles. The Bertz CT molecular complexity index is 308. The van der Waals surface area contributed by atoms with Gasteiger partial charge in [0.25, 0.3) is 5.91 Å². The van der Waals surface area contributed by atoms with E-state index in [1.165, 1.54) is 0 Å². The fraction of sp³-hybridized carbons (Fsp3) is 0.625. The van der Waals surface area contributed by atoms with Crippen molar-refractivity contribution in [3.8, 4) is 0 Å². The average molecular weight is 325 g/mol. The molecular weight excluding hydrogens is 313 g/mol. The van der Waals surface area contributed by atoms with E-state index in [-0.39, 0.29) is 30.7 Å². The summed E-state index contributed by atoms with van der Waals surface area (Å²) in [7, 11) is 0. The number of hydrogen-bond donors (Lipinski definition) is 2. The normalized spacial score (nSPS) is 23.1. The Kier molecular flexibility index (Phi) is 4.03. The first kappa shape index (κ1) is 12.4. The molecule has 2 atom stereocenters. The number of nitrogens with two attached hydrogens (primary N) is 1. The summed E-state index contributed by atoms with van der Waals surface area (Å²) in [5.41, 5.74) is 5.39. The van der Waals surface area contributed by atoms with Crippen LogP contribution in [0.3, 0.4) is 0 Å². The number of rotatable bonds is 3. The second-order valence-electron chi connectivity index (χ2n) is 3.42. The number of nitrogens with zero attached hydrogens (tertiary/aromatic N) is 1. The lowest BCUT2D eigenvalue weighted by Gasteiger charge is -2.22. The summed E-state index contributed by atoms with van der Waals surface area (Å²) in [6.07, 6.45) is 0.157. The van der Waals surface area contributed by atoms with Gasteiger partial charge >= 0.3 is 0 Å². The third kappa shape index (κ3) is 2.28. The highest BCUT2D eigenvalue weighted by Gasteiger charge is 2.42. The molecule has 0 aromatic heterocycles. The van der Waals surface area contributed by atoms with E-state index in [9.17, 15) is 14.4 Å². The first-order chi connectivity index (χ1) is 7.02. The van der Waals surface area contributed by atoms with Gasteiger partial charge in [0, 0.05) is 18.9 Å². The van der Waals surface area contributed by atoms with E-state index in [4.69, 9.17) is 5.73 Å². The van der Waals surface area contributed by atoms with Crippen LogP contribution in [0.15, 0.2) is 0 Å². The highest BCUT2D eigenvalue weighted by Crippen LogP contribution is 2.21. The fourth-order valence-corrected chi connectivity index (χ4v) is 1.89. The zero-order chi connectivity index (χ0) is 11.6. The number of imide groups is 1. The Morgan fingerprint density at radius 3 is 2.67 bits per heavy atom. The summed E-state index contributed by atoms with van der Waals surface area (Å²) in [6.45, 7) is 1.61. The monoisotopic (exact) mass is 325 g/mol. The molecule has 84 valence electrons. The highest BCUT2D eigenvalue weighted by molar-refractivity contribution is 14.1. The maximum Gasteiger partial charge on any atom is 0.253 e. The van der Waals surface area contributed by atoms with Gasteiger partial charge in [0.1, 0.15) is 6.04 Å². The van der Waals surface area contributed by atoms with Crippen LogP contribution in [0.5, 0.6) is 0 Å². The number of halogens is 1. The summed E-state index contributed by atoms with van der Waals surface area (Å²) in [5, 5.41) is 0. The molecule has 2 unspecified atom stereocenters. The predicted molar refractivity (Wildman–Crippen MR) is 60.6 cm³/mol. The van der Waals surface area contributed by atoms with Gasteiger partial charge in [-0.3, -0.25) is 22.8 Å². The smallest absolute Gasteiger partial charge is 0.253 e. The minimum Gasteiger partial charge on any atom is -0.328 e. The molecule has 1 aliphatic rings. The summed E-state index contributed by atoms with van der Waals surface area (Å²) in [5.74, 6) is -1.43. The summed E-state index contributed by atoms with van der Waals surface area (Å²) < 4.78 is 2.35. The molecule has 1 aliphatic heterocycles. The standard InChI is InChI=1S/C8H12IN3O3/c1-4-2-6(13)12(8(4)15)5(3-10)7(14)11-9/h4-5H,2-3,10H2,1H3,(H,11,14). The summed E-state index contributed by atoms with van der Waals surface area (Å²) >= 11 is 1.65. The van der Waals surface area contributed by atoms with E-state index in [1.807, 2.05) is 0 Å². The predicted octanol–water partition coefficient (Wildman–Crippen LogP) is -0.825. The third-order valence-electron chi connectivity index (χ3n) is 2.34. The van der Waals surface area contributed by atoms with Gasteiger partial charge in [-0.05, 0) is 0 Å². The van der Waals surface area contributed by atoms with E-state index in [0.717, 1.165) is 4.90 Å². The van der Waals surface area contributed by atoms with Crippen LogP contribution in [0.2, 0.25) is 0 Å². The largest absolute Gasteiger partial charge is 0.328 e. The van der Waals surface area contributed by atoms with Gasteiger partial charge in [0.15, 0.2) is 0 Å². The van der Waals surface area contributed by atoms with E-state index < -0.39 is 11.9 Å². The molecule has 7 heteroatoms. The van der Waals surface area contributed by atoms with Crippen LogP contribution in [0.4, 0.5) is 0 Å². The van der Waals surface area contributed by atoms with Crippen molar-refractivity contribution in [3.05, 3.63) is 0 Å². The Morgan fingerprint density at radius 1 is 1.73 bits per heavy atom. The quantitative estimate of drug-likeness (QED) is 0.403. The van der Waals surface area contributed by atoms with Crippen molar-refractivity contribution in [3.63, 3.8) is 0 Å². The van der Waals surface area contributed by atoms with E-state index in [0.29, 0.717) is 0 Å². The molecule has 1 rings (SSSR count). The average Bonchev–Trinajstić information content (AvgIpc) is 2.45. The molecule has 1 heterocycles. The number of hydrogen-bond acceptors (Lipinski definition) is 4. The van der Waals surface area contributed by atoms with Gasteiger partial charge in [0.2, 0.25) is 11.8 Å². The number of carbonyl (C=O) groups excluding carboxylic acids is 3. The van der Waals surface area contributed by atoms with E-state index >= 15 is 0 Å². The minimum absolute atomic E-state index is 0.0565. The van der Waals surface area contributed by atoms with Crippen LogP contribution in [-0.2, 0) is 14.4 Å². The summed E-state index contributed by atoms with van der Waals surface area (Å²) in [4.78, 5) is 35.4. The Balaban J connectivity index is 2.89. The first-order valence-corrected chi connectivity index (χ1v) is 5.57. The van der Waals surface area contributed by atoms with Crippen molar-refractivity contribution < 1.29 is 14.4 Å². The van der Waals surface area contributed by atoms with Gasteiger partial charge in [-0.25, -0.2) is 0 Å².